The number of likely N-dealkylation sites (tertiary alicyclic amines) is 1. The van der Waals surface area contributed by atoms with Gasteiger partial charge >= 0.3 is 12.0 Å². The maximum atomic E-state index is 12.1. The van der Waals surface area contributed by atoms with Gasteiger partial charge in [-0.15, -0.1) is 0 Å². The predicted molar refractivity (Wildman–Crippen MR) is 73.1 cm³/mol. The minimum atomic E-state index is -0.946. The van der Waals surface area contributed by atoms with E-state index in [0.29, 0.717) is 19.5 Å². The molecular weight excluding hydrogens is 258 g/mol. The fourth-order valence-corrected chi connectivity index (χ4v) is 2.52. The SMILES string of the molecule is Cc1cccc(CNC(=O)N2CCC(C)C2C(=O)O)n1. The second-order valence-electron chi connectivity index (χ2n) is 5.17. The van der Waals surface area contributed by atoms with Crippen LogP contribution in [0.5, 0.6) is 0 Å². The number of carbonyl (C=O) groups is 2. The van der Waals surface area contributed by atoms with Gasteiger partial charge in [0, 0.05) is 12.2 Å². The van der Waals surface area contributed by atoms with Crippen molar-refractivity contribution >= 4 is 12.0 Å². The van der Waals surface area contributed by atoms with Gasteiger partial charge in [0.15, 0.2) is 0 Å². The number of carboxylic acid groups (broad SMARTS) is 1. The zero-order chi connectivity index (χ0) is 14.7. The topological polar surface area (TPSA) is 82.5 Å². The van der Waals surface area contributed by atoms with Gasteiger partial charge in [0.1, 0.15) is 6.04 Å². The molecule has 6 nitrogen and oxygen atoms in total. The summed E-state index contributed by atoms with van der Waals surface area (Å²) in [7, 11) is 0. The first kappa shape index (κ1) is 14.3. The molecule has 2 heterocycles. The summed E-state index contributed by atoms with van der Waals surface area (Å²) in [5.41, 5.74) is 1.65. The van der Waals surface area contributed by atoms with E-state index in [2.05, 4.69) is 10.3 Å². The molecule has 1 aliphatic heterocycles. The highest BCUT2D eigenvalue weighted by molar-refractivity contribution is 5.83. The molecule has 1 aromatic rings. The summed E-state index contributed by atoms with van der Waals surface area (Å²) in [6, 6.07) is 4.51. The molecule has 2 atom stereocenters. The lowest BCUT2D eigenvalue weighted by molar-refractivity contribution is -0.142. The fourth-order valence-electron chi connectivity index (χ4n) is 2.52. The van der Waals surface area contributed by atoms with Gasteiger partial charge in [-0.2, -0.15) is 0 Å². The number of nitrogens with one attached hydrogen (secondary N) is 1. The van der Waals surface area contributed by atoms with E-state index >= 15 is 0 Å². The normalized spacial score (nSPS) is 21.8. The molecule has 1 fully saturated rings. The molecule has 1 aromatic heterocycles. The van der Waals surface area contributed by atoms with Crippen LogP contribution in [0.15, 0.2) is 18.2 Å². The highest BCUT2D eigenvalue weighted by atomic mass is 16.4. The Bertz CT molecular complexity index is 518. The summed E-state index contributed by atoms with van der Waals surface area (Å²) >= 11 is 0. The Balaban J connectivity index is 1.96. The Hall–Kier alpha value is -2.11. The number of urea groups is 1. The molecule has 6 heteroatoms. The number of pyridine rings is 1. The maximum absolute atomic E-state index is 12.1. The number of aliphatic carboxylic acids is 1. The van der Waals surface area contributed by atoms with Crippen LogP contribution in [0.3, 0.4) is 0 Å². The average molecular weight is 277 g/mol. The van der Waals surface area contributed by atoms with E-state index in [1.807, 2.05) is 32.0 Å². The van der Waals surface area contributed by atoms with Crippen LogP contribution in [0.2, 0.25) is 0 Å². The molecule has 0 aromatic carbocycles. The predicted octanol–water partition coefficient (Wildman–Crippen LogP) is 1.39. The Labute approximate surface area is 117 Å². The third-order valence-corrected chi connectivity index (χ3v) is 3.58. The first-order valence-corrected chi connectivity index (χ1v) is 6.69. The summed E-state index contributed by atoms with van der Waals surface area (Å²) in [6.45, 7) is 4.52. The molecule has 0 radical (unpaired) electrons. The van der Waals surface area contributed by atoms with Crippen LogP contribution in [0.25, 0.3) is 0 Å². The number of hydrogen-bond acceptors (Lipinski definition) is 3. The number of carboxylic acids is 1. The lowest BCUT2D eigenvalue weighted by atomic mass is 10.0. The van der Waals surface area contributed by atoms with Crippen molar-refractivity contribution in [1.29, 1.82) is 0 Å². The molecule has 2 amide bonds. The van der Waals surface area contributed by atoms with Crippen LogP contribution in [0.1, 0.15) is 24.7 Å². The molecule has 108 valence electrons. The van der Waals surface area contributed by atoms with Crippen LogP contribution in [-0.4, -0.2) is 39.6 Å². The van der Waals surface area contributed by atoms with E-state index in [0.717, 1.165) is 11.4 Å². The second-order valence-corrected chi connectivity index (χ2v) is 5.17. The van der Waals surface area contributed by atoms with Crippen molar-refractivity contribution in [3.63, 3.8) is 0 Å². The Morgan fingerprint density at radius 1 is 1.50 bits per heavy atom. The summed E-state index contributed by atoms with van der Waals surface area (Å²) in [5, 5.41) is 11.9. The smallest absolute Gasteiger partial charge is 0.326 e. The fraction of sp³-hybridized carbons (Fsp3) is 0.500. The van der Waals surface area contributed by atoms with Gasteiger partial charge < -0.3 is 15.3 Å². The standard InChI is InChI=1S/C14H19N3O3/c1-9-6-7-17(12(9)13(18)19)14(20)15-8-11-5-3-4-10(2)16-11/h3-5,9,12H,6-8H2,1-2H3,(H,15,20)(H,18,19). The number of amides is 2. The zero-order valence-electron chi connectivity index (χ0n) is 11.7. The molecule has 0 spiro atoms. The summed E-state index contributed by atoms with van der Waals surface area (Å²) < 4.78 is 0. The van der Waals surface area contributed by atoms with Crippen LogP contribution in [0, 0.1) is 12.8 Å². The first-order valence-electron chi connectivity index (χ1n) is 6.69. The maximum Gasteiger partial charge on any atom is 0.326 e. The largest absolute Gasteiger partial charge is 0.480 e. The van der Waals surface area contributed by atoms with Crippen molar-refractivity contribution in [3.05, 3.63) is 29.6 Å². The van der Waals surface area contributed by atoms with Crippen LogP contribution >= 0.6 is 0 Å². The van der Waals surface area contributed by atoms with Gasteiger partial charge in [0.2, 0.25) is 0 Å². The van der Waals surface area contributed by atoms with Gasteiger partial charge in [-0.3, -0.25) is 4.98 Å². The van der Waals surface area contributed by atoms with Gasteiger partial charge in [-0.05, 0) is 31.4 Å². The van der Waals surface area contributed by atoms with Gasteiger partial charge in [-0.25, -0.2) is 9.59 Å². The lowest BCUT2D eigenvalue weighted by Gasteiger charge is -2.23. The molecule has 0 aliphatic carbocycles. The molecule has 0 saturated carbocycles. The minimum absolute atomic E-state index is 0.0182. The number of nitrogens with zero attached hydrogens (tertiary/aromatic N) is 2. The zero-order valence-corrected chi connectivity index (χ0v) is 11.7. The van der Waals surface area contributed by atoms with Gasteiger partial charge in [0.05, 0.1) is 12.2 Å². The van der Waals surface area contributed by atoms with E-state index in [1.54, 1.807) is 0 Å². The van der Waals surface area contributed by atoms with Crippen molar-refractivity contribution in [2.75, 3.05) is 6.54 Å². The molecular formula is C14H19N3O3. The summed E-state index contributed by atoms with van der Waals surface area (Å²) in [4.78, 5) is 29.0. The molecule has 0 bridgehead atoms. The van der Waals surface area contributed by atoms with Crippen LogP contribution in [-0.2, 0) is 11.3 Å². The Kier molecular flexibility index (Phi) is 4.22. The van der Waals surface area contributed by atoms with Crippen molar-refractivity contribution in [2.45, 2.75) is 32.9 Å². The first-order chi connectivity index (χ1) is 9.49. The van der Waals surface area contributed by atoms with E-state index in [9.17, 15) is 14.7 Å². The van der Waals surface area contributed by atoms with E-state index in [-0.39, 0.29) is 11.9 Å². The Morgan fingerprint density at radius 3 is 2.90 bits per heavy atom. The number of hydrogen-bond donors (Lipinski definition) is 2. The summed E-state index contributed by atoms with van der Waals surface area (Å²) in [6.07, 6.45) is 0.715. The third kappa shape index (κ3) is 3.07. The number of carbonyl (C=O) groups excluding carboxylic acids is 1. The number of aryl methyl sites for hydroxylation is 1. The van der Waals surface area contributed by atoms with Crippen molar-refractivity contribution in [3.8, 4) is 0 Å². The molecule has 2 N–H and O–H groups in total. The number of aromatic nitrogens is 1. The monoisotopic (exact) mass is 277 g/mol. The van der Waals surface area contributed by atoms with Crippen molar-refractivity contribution < 1.29 is 14.7 Å². The van der Waals surface area contributed by atoms with Crippen molar-refractivity contribution in [2.24, 2.45) is 5.92 Å². The van der Waals surface area contributed by atoms with E-state index < -0.39 is 12.0 Å². The molecule has 2 rings (SSSR count). The van der Waals surface area contributed by atoms with E-state index in [4.69, 9.17) is 0 Å². The van der Waals surface area contributed by atoms with E-state index in [1.165, 1.54) is 4.90 Å². The Morgan fingerprint density at radius 2 is 2.25 bits per heavy atom. The molecule has 2 unspecified atom stereocenters. The quantitative estimate of drug-likeness (QED) is 0.874. The van der Waals surface area contributed by atoms with Gasteiger partial charge in [-0.1, -0.05) is 13.0 Å². The highest BCUT2D eigenvalue weighted by Gasteiger charge is 2.39. The second kappa shape index (κ2) is 5.90. The van der Waals surface area contributed by atoms with Crippen LogP contribution in [0.4, 0.5) is 4.79 Å². The average Bonchev–Trinajstić information content (AvgIpc) is 2.78. The van der Waals surface area contributed by atoms with Crippen LogP contribution < -0.4 is 5.32 Å². The number of rotatable bonds is 3. The van der Waals surface area contributed by atoms with Gasteiger partial charge in [0.25, 0.3) is 0 Å². The minimum Gasteiger partial charge on any atom is -0.480 e. The summed E-state index contributed by atoms with van der Waals surface area (Å²) in [5.74, 6) is -0.964. The molecule has 1 aliphatic rings. The highest BCUT2D eigenvalue weighted by Crippen LogP contribution is 2.24. The molecule has 20 heavy (non-hydrogen) atoms. The van der Waals surface area contributed by atoms with Crippen molar-refractivity contribution in [1.82, 2.24) is 15.2 Å². The molecule has 1 saturated heterocycles. The lowest BCUT2D eigenvalue weighted by Crippen LogP contribution is -2.47. The third-order valence-electron chi connectivity index (χ3n) is 3.58.